The number of aromatic nitrogens is 3. The van der Waals surface area contributed by atoms with Crippen LogP contribution in [0.5, 0.6) is 0 Å². The summed E-state index contributed by atoms with van der Waals surface area (Å²) in [6.45, 7) is 1.11. The summed E-state index contributed by atoms with van der Waals surface area (Å²) in [7, 11) is 0. The molecule has 1 aromatic carbocycles. The normalized spacial score (nSPS) is 14.6. The maximum atomic E-state index is 13.8. The van der Waals surface area contributed by atoms with E-state index in [1.165, 1.54) is 11.0 Å². The molecular formula is C11H8BrF3N4. The lowest BCUT2D eigenvalue weighted by Gasteiger charge is -2.28. The van der Waals surface area contributed by atoms with Gasteiger partial charge in [0.2, 0.25) is 10.7 Å². The molecule has 0 N–H and O–H groups in total. The van der Waals surface area contributed by atoms with Crippen LogP contribution in [0.25, 0.3) is 0 Å². The fourth-order valence-electron chi connectivity index (χ4n) is 2.09. The van der Waals surface area contributed by atoms with Gasteiger partial charge in [-0.05, 0) is 34.5 Å². The summed E-state index contributed by atoms with van der Waals surface area (Å²) in [5, 5.41) is 4.09. The van der Waals surface area contributed by atoms with Gasteiger partial charge in [-0.15, -0.1) is 5.10 Å². The third kappa shape index (κ3) is 1.99. The standard InChI is InChI=1S/C11H8BrF3N4/c12-10-16-11-18(4-1-5-19(11)17-10)7-3-2-6(13)8(14)9(7)15/h2-3H,1,4-5H2. The van der Waals surface area contributed by atoms with Crippen LogP contribution in [0, 0.1) is 17.5 Å². The number of rotatable bonds is 1. The lowest BCUT2D eigenvalue weighted by molar-refractivity contribution is 0.445. The van der Waals surface area contributed by atoms with Crippen molar-refractivity contribution in [3.8, 4) is 0 Å². The van der Waals surface area contributed by atoms with Gasteiger partial charge < -0.3 is 4.90 Å². The number of benzene rings is 1. The summed E-state index contributed by atoms with van der Waals surface area (Å²) in [5.74, 6) is -3.50. The monoisotopic (exact) mass is 332 g/mol. The molecule has 19 heavy (non-hydrogen) atoms. The van der Waals surface area contributed by atoms with Crippen molar-refractivity contribution in [1.29, 1.82) is 0 Å². The van der Waals surface area contributed by atoms with E-state index >= 15 is 0 Å². The van der Waals surface area contributed by atoms with Gasteiger partial charge in [0, 0.05) is 13.1 Å². The summed E-state index contributed by atoms with van der Waals surface area (Å²) >= 11 is 3.14. The van der Waals surface area contributed by atoms with Gasteiger partial charge in [-0.3, -0.25) is 0 Å². The SMILES string of the molecule is Fc1ccc(N2CCCn3nc(Br)nc32)c(F)c1F. The van der Waals surface area contributed by atoms with Gasteiger partial charge >= 0.3 is 0 Å². The molecule has 0 spiro atoms. The van der Waals surface area contributed by atoms with Crippen LogP contribution < -0.4 is 4.90 Å². The van der Waals surface area contributed by atoms with Crippen molar-refractivity contribution in [3.63, 3.8) is 0 Å². The highest BCUT2D eigenvalue weighted by molar-refractivity contribution is 9.10. The molecule has 0 unspecified atom stereocenters. The third-order valence-corrected chi connectivity index (χ3v) is 3.26. The van der Waals surface area contributed by atoms with Crippen LogP contribution in [-0.4, -0.2) is 21.3 Å². The molecule has 1 aliphatic rings. The molecule has 1 aliphatic heterocycles. The number of fused-ring (bicyclic) bond motifs is 1. The Hall–Kier alpha value is -1.57. The Labute approximate surface area is 115 Å². The molecule has 0 bridgehead atoms. The molecule has 3 rings (SSSR count). The van der Waals surface area contributed by atoms with Crippen LogP contribution in [0.15, 0.2) is 16.9 Å². The Balaban J connectivity index is 2.11. The molecule has 2 aromatic rings. The second kappa shape index (κ2) is 4.52. The highest BCUT2D eigenvalue weighted by Crippen LogP contribution is 2.32. The first-order valence-corrected chi connectivity index (χ1v) is 6.38. The number of aryl methyl sites for hydroxylation is 1. The number of halogens is 4. The molecule has 0 fully saturated rings. The van der Waals surface area contributed by atoms with Gasteiger partial charge in [0.15, 0.2) is 17.5 Å². The molecule has 0 atom stereocenters. The Bertz CT molecular complexity index is 643. The minimum Gasteiger partial charge on any atom is -0.308 e. The Morgan fingerprint density at radius 2 is 1.89 bits per heavy atom. The van der Waals surface area contributed by atoms with Crippen molar-refractivity contribution in [3.05, 3.63) is 34.3 Å². The maximum Gasteiger partial charge on any atom is 0.229 e. The first-order valence-electron chi connectivity index (χ1n) is 5.59. The lowest BCUT2D eigenvalue weighted by Crippen LogP contribution is -2.29. The van der Waals surface area contributed by atoms with E-state index in [2.05, 4.69) is 26.0 Å². The van der Waals surface area contributed by atoms with Crippen molar-refractivity contribution < 1.29 is 13.2 Å². The van der Waals surface area contributed by atoms with E-state index in [1.807, 2.05) is 0 Å². The minimum atomic E-state index is -1.48. The van der Waals surface area contributed by atoms with Gasteiger partial charge in [-0.1, -0.05) is 0 Å². The molecule has 4 nitrogen and oxygen atoms in total. The van der Waals surface area contributed by atoms with E-state index in [0.717, 1.165) is 6.07 Å². The molecule has 0 amide bonds. The second-order valence-corrected chi connectivity index (χ2v) is 4.81. The first-order chi connectivity index (χ1) is 9.08. The van der Waals surface area contributed by atoms with Gasteiger partial charge in [0.1, 0.15) is 0 Å². The van der Waals surface area contributed by atoms with Crippen LogP contribution in [0.3, 0.4) is 0 Å². The van der Waals surface area contributed by atoms with Crippen LogP contribution in [-0.2, 0) is 6.54 Å². The predicted octanol–water partition coefficient (Wildman–Crippen LogP) is 3.00. The fraction of sp³-hybridized carbons (Fsp3) is 0.273. The lowest BCUT2D eigenvalue weighted by atomic mass is 10.2. The maximum absolute atomic E-state index is 13.8. The molecule has 2 heterocycles. The molecule has 1 aromatic heterocycles. The number of hydrogen-bond donors (Lipinski definition) is 0. The van der Waals surface area contributed by atoms with Crippen LogP contribution in [0.2, 0.25) is 0 Å². The average Bonchev–Trinajstić information content (AvgIpc) is 2.76. The van der Waals surface area contributed by atoms with Gasteiger partial charge in [-0.2, -0.15) is 4.98 Å². The third-order valence-electron chi connectivity index (χ3n) is 2.93. The van der Waals surface area contributed by atoms with Crippen LogP contribution >= 0.6 is 15.9 Å². The van der Waals surface area contributed by atoms with Gasteiger partial charge in [-0.25, -0.2) is 17.9 Å². The first kappa shape index (κ1) is 12.5. The summed E-state index contributed by atoms with van der Waals surface area (Å²) < 4.78 is 42.0. The summed E-state index contributed by atoms with van der Waals surface area (Å²) in [6, 6.07) is 2.10. The number of nitrogens with zero attached hydrogens (tertiary/aromatic N) is 4. The van der Waals surface area contributed by atoms with E-state index < -0.39 is 17.5 Å². The topological polar surface area (TPSA) is 34.0 Å². The van der Waals surface area contributed by atoms with Crippen molar-refractivity contribution in [2.24, 2.45) is 0 Å². The fourth-order valence-corrected chi connectivity index (χ4v) is 2.44. The molecule has 0 saturated heterocycles. The van der Waals surface area contributed by atoms with Crippen LogP contribution in [0.4, 0.5) is 24.8 Å². The van der Waals surface area contributed by atoms with Crippen molar-refractivity contribution in [2.45, 2.75) is 13.0 Å². The summed E-state index contributed by atoms with van der Waals surface area (Å²) in [6.07, 6.45) is 0.710. The average molecular weight is 333 g/mol. The highest BCUT2D eigenvalue weighted by Gasteiger charge is 2.26. The van der Waals surface area contributed by atoms with Crippen LogP contribution in [0.1, 0.15) is 6.42 Å². The van der Waals surface area contributed by atoms with Crippen molar-refractivity contribution >= 4 is 27.6 Å². The summed E-state index contributed by atoms with van der Waals surface area (Å²) in [4.78, 5) is 5.60. The zero-order chi connectivity index (χ0) is 13.6. The highest BCUT2D eigenvalue weighted by atomic mass is 79.9. The Morgan fingerprint density at radius 1 is 1.11 bits per heavy atom. The predicted molar refractivity (Wildman–Crippen MR) is 65.7 cm³/mol. The van der Waals surface area contributed by atoms with Gasteiger partial charge in [0.25, 0.3) is 0 Å². The molecule has 100 valence electrons. The zero-order valence-corrected chi connectivity index (χ0v) is 11.2. The Morgan fingerprint density at radius 3 is 2.68 bits per heavy atom. The molecule has 0 saturated carbocycles. The molecular weight excluding hydrogens is 325 g/mol. The van der Waals surface area contributed by atoms with E-state index in [4.69, 9.17) is 0 Å². The zero-order valence-electron chi connectivity index (χ0n) is 9.58. The molecule has 8 heteroatoms. The van der Waals surface area contributed by atoms with Crippen molar-refractivity contribution in [1.82, 2.24) is 14.8 Å². The van der Waals surface area contributed by atoms with Crippen molar-refractivity contribution in [2.75, 3.05) is 11.4 Å². The number of anilines is 2. The Kier molecular flexibility index (Phi) is 2.96. The molecule has 0 aliphatic carbocycles. The van der Waals surface area contributed by atoms with Gasteiger partial charge in [0.05, 0.1) is 5.69 Å². The van der Waals surface area contributed by atoms with E-state index in [1.54, 1.807) is 4.68 Å². The van der Waals surface area contributed by atoms with E-state index in [0.29, 0.717) is 30.2 Å². The summed E-state index contributed by atoms with van der Waals surface area (Å²) in [5.41, 5.74) is -0.0419. The van der Waals surface area contributed by atoms with E-state index in [9.17, 15) is 13.2 Å². The van der Waals surface area contributed by atoms with E-state index in [-0.39, 0.29) is 5.69 Å². The largest absolute Gasteiger partial charge is 0.308 e. The second-order valence-electron chi connectivity index (χ2n) is 4.10. The minimum absolute atomic E-state index is 0.0419. The number of hydrogen-bond acceptors (Lipinski definition) is 3. The quantitative estimate of drug-likeness (QED) is 0.753. The smallest absolute Gasteiger partial charge is 0.229 e. The molecule has 0 radical (unpaired) electrons.